The molecule has 7 rings (SSSR count). The average molecular weight is 743 g/mol. The summed E-state index contributed by atoms with van der Waals surface area (Å²) in [7, 11) is 1.36. The number of hydrogen-bond acceptors (Lipinski definition) is 10. The predicted molar refractivity (Wildman–Crippen MR) is 202 cm³/mol. The lowest BCUT2D eigenvalue weighted by atomic mass is 9.88. The number of carbonyl (C=O) groups is 4. The second-order valence-corrected chi connectivity index (χ2v) is 16.5. The number of ketones is 1. The topological polar surface area (TPSA) is 147 Å². The molecule has 0 spiro atoms. The number of nitrogens with zero attached hydrogens (tertiary/aromatic N) is 4. The number of ether oxygens (including phenoxy) is 3. The van der Waals surface area contributed by atoms with E-state index >= 15 is 0 Å². The monoisotopic (exact) mass is 742 g/mol. The fraction of sp³-hybridized carbons (Fsp3) is 0.619. The first-order chi connectivity index (χ1) is 25.9. The molecule has 0 bridgehead atoms. The van der Waals surface area contributed by atoms with Crippen molar-refractivity contribution < 1.29 is 38.5 Å². The number of likely N-dealkylation sites (tertiary alicyclic amines) is 2. The van der Waals surface area contributed by atoms with Gasteiger partial charge in [0.05, 0.1) is 31.5 Å². The van der Waals surface area contributed by atoms with Crippen LogP contribution in [0.4, 0.5) is 0 Å². The number of methoxy groups -OCH3 is 1. The van der Waals surface area contributed by atoms with Gasteiger partial charge in [-0.3, -0.25) is 29.2 Å². The zero-order chi connectivity index (χ0) is 38.3. The lowest BCUT2D eigenvalue weighted by molar-refractivity contribution is -0.148. The highest BCUT2D eigenvalue weighted by Gasteiger charge is 2.42. The fourth-order valence-electron chi connectivity index (χ4n) is 9.09. The number of rotatable bonds is 13. The maximum Gasteiger partial charge on any atom is 0.306 e. The van der Waals surface area contributed by atoms with Crippen molar-refractivity contribution >= 4 is 35.0 Å². The van der Waals surface area contributed by atoms with Crippen LogP contribution in [-0.2, 0) is 36.8 Å². The highest BCUT2D eigenvalue weighted by molar-refractivity contribution is 5.99. The maximum absolute atomic E-state index is 13.7. The minimum absolute atomic E-state index is 0.00183. The zero-order valence-electron chi connectivity index (χ0n) is 32.2. The Morgan fingerprint density at radius 1 is 0.778 bits per heavy atom. The molecule has 290 valence electrons. The highest BCUT2D eigenvalue weighted by atomic mass is 16.5. The van der Waals surface area contributed by atoms with Crippen molar-refractivity contribution in [1.29, 1.82) is 0 Å². The van der Waals surface area contributed by atoms with Gasteiger partial charge in [-0.15, -0.1) is 0 Å². The van der Waals surface area contributed by atoms with Crippen molar-refractivity contribution in [2.75, 3.05) is 26.8 Å². The van der Waals surface area contributed by atoms with E-state index in [1.165, 1.54) is 7.11 Å². The minimum atomic E-state index is -0.543. The van der Waals surface area contributed by atoms with E-state index < -0.39 is 18.4 Å². The van der Waals surface area contributed by atoms with Crippen molar-refractivity contribution in [3.05, 3.63) is 46.8 Å². The predicted octanol–water partition coefficient (Wildman–Crippen LogP) is 4.79. The van der Waals surface area contributed by atoms with E-state index in [0.717, 1.165) is 77.3 Å². The molecule has 0 aromatic heterocycles. The van der Waals surface area contributed by atoms with E-state index in [2.05, 4.69) is 12.1 Å². The normalized spacial score (nSPS) is 25.5. The van der Waals surface area contributed by atoms with Crippen molar-refractivity contribution in [2.45, 2.75) is 116 Å². The van der Waals surface area contributed by atoms with Crippen molar-refractivity contribution in [2.24, 2.45) is 33.7 Å². The van der Waals surface area contributed by atoms with Gasteiger partial charge in [-0.25, -0.2) is 0 Å². The molecule has 12 nitrogen and oxygen atoms in total. The molecule has 54 heavy (non-hydrogen) atoms. The van der Waals surface area contributed by atoms with Gasteiger partial charge in [0.1, 0.15) is 30.3 Å². The first-order valence-corrected chi connectivity index (χ1v) is 19.8. The van der Waals surface area contributed by atoms with Crippen molar-refractivity contribution in [3.8, 4) is 11.5 Å². The molecule has 1 aromatic carbocycles. The van der Waals surface area contributed by atoms with E-state index in [9.17, 15) is 24.3 Å². The molecule has 1 N–H and O–H groups in total. The summed E-state index contributed by atoms with van der Waals surface area (Å²) in [6.07, 6.45) is 9.95. The molecule has 5 unspecified atom stereocenters. The third kappa shape index (κ3) is 7.50. The van der Waals surface area contributed by atoms with E-state index in [0.29, 0.717) is 32.4 Å². The number of carbonyl (C=O) groups excluding carboxylic acids is 4. The quantitative estimate of drug-likeness (QED) is 0.284. The summed E-state index contributed by atoms with van der Waals surface area (Å²) in [6.45, 7) is 8.62. The van der Waals surface area contributed by atoms with Gasteiger partial charge < -0.3 is 29.1 Å². The minimum Gasteiger partial charge on any atom is -0.485 e. The summed E-state index contributed by atoms with van der Waals surface area (Å²) in [5.41, 5.74) is 6.36. The Balaban J connectivity index is 0.927. The molecule has 2 amide bonds. The van der Waals surface area contributed by atoms with Gasteiger partial charge >= 0.3 is 5.97 Å². The van der Waals surface area contributed by atoms with Gasteiger partial charge in [0, 0.05) is 86.1 Å². The molecule has 0 aliphatic carbocycles. The SMILES string of the molecule is COC(=O)C[C@H](C(=O)N1CCCC1C1=NC=C(C2Cc3cc4c(cc3O2)CC(C2=CN=C(C3CCCN3C(=O)C(CC(=O)CO)C(C)C)C2)O4)C1)C(C)C. The van der Waals surface area contributed by atoms with E-state index in [1.54, 1.807) is 0 Å². The van der Waals surface area contributed by atoms with E-state index in [-0.39, 0.29) is 72.5 Å². The summed E-state index contributed by atoms with van der Waals surface area (Å²) < 4.78 is 17.9. The van der Waals surface area contributed by atoms with E-state index in [1.807, 2.05) is 49.9 Å². The molecule has 0 radical (unpaired) electrons. The molecule has 1 aromatic rings. The molecule has 6 aliphatic heterocycles. The van der Waals surface area contributed by atoms with Gasteiger partial charge in [0.15, 0.2) is 5.78 Å². The molecule has 6 aliphatic rings. The number of aliphatic hydroxyl groups is 1. The van der Waals surface area contributed by atoms with Crippen LogP contribution in [0.3, 0.4) is 0 Å². The Morgan fingerprint density at radius 3 is 1.67 bits per heavy atom. The van der Waals surface area contributed by atoms with E-state index in [4.69, 9.17) is 24.2 Å². The number of esters is 1. The molecule has 6 atom stereocenters. The Morgan fingerprint density at radius 2 is 1.24 bits per heavy atom. The van der Waals surface area contributed by atoms with Gasteiger partial charge in [0.25, 0.3) is 0 Å². The molecular weight excluding hydrogens is 688 g/mol. The van der Waals surface area contributed by atoms with Crippen LogP contribution in [0, 0.1) is 23.7 Å². The molecule has 2 fully saturated rings. The summed E-state index contributed by atoms with van der Waals surface area (Å²) >= 11 is 0. The van der Waals surface area contributed by atoms with Crippen LogP contribution in [0.2, 0.25) is 0 Å². The highest BCUT2D eigenvalue weighted by Crippen LogP contribution is 2.43. The number of aliphatic imine (C=N–C) groups is 2. The van der Waals surface area contributed by atoms with Crippen LogP contribution in [0.1, 0.15) is 90.2 Å². The van der Waals surface area contributed by atoms with Crippen molar-refractivity contribution in [1.82, 2.24) is 9.80 Å². The first-order valence-electron chi connectivity index (χ1n) is 19.8. The van der Waals surface area contributed by atoms with Gasteiger partial charge in [-0.2, -0.15) is 0 Å². The fourth-order valence-corrected chi connectivity index (χ4v) is 9.09. The Kier molecular flexibility index (Phi) is 11.1. The average Bonchev–Trinajstić information content (AvgIpc) is 4.00. The number of amides is 2. The number of aliphatic hydroxyl groups excluding tert-OH is 1. The zero-order valence-corrected chi connectivity index (χ0v) is 32.2. The third-order valence-corrected chi connectivity index (χ3v) is 12.3. The van der Waals surface area contributed by atoms with Gasteiger partial charge in [-0.1, -0.05) is 27.7 Å². The van der Waals surface area contributed by atoms with Crippen LogP contribution in [0.5, 0.6) is 11.5 Å². The Hall–Kier alpha value is -4.32. The number of hydrogen-bond donors (Lipinski definition) is 1. The lowest BCUT2D eigenvalue weighted by Crippen LogP contribution is -2.45. The number of Topliss-reactive ketones (excluding diaryl/α,β-unsaturated/α-hetero) is 1. The summed E-state index contributed by atoms with van der Waals surface area (Å²) in [5, 5.41) is 9.31. The van der Waals surface area contributed by atoms with Crippen LogP contribution in [-0.4, -0.2) is 101 Å². The Bertz CT molecular complexity index is 1650. The molecule has 12 heteroatoms. The molecule has 6 heterocycles. The summed E-state index contributed by atoms with van der Waals surface area (Å²) in [6, 6.07) is 4.06. The van der Waals surface area contributed by atoms with Gasteiger partial charge in [0.2, 0.25) is 11.8 Å². The summed E-state index contributed by atoms with van der Waals surface area (Å²) in [5.74, 6) is 0.180. The van der Waals surface area contributed by atoms with Crippen LogP contribution >= 0.6 is 0 Å². The molecule has 2 saturated heterocycles. The second kappa shape index (κ2) is 15.8. The standard InChI is InChI=1S/C42H54N4O8/c1-23(2)30(18-29(48)22-47)41(50)45-10-6-8-34(45)32-12-27(20-43-32)38-16-25-14-37-26(15-36(25)53-38)17-39(54-37)28-13-33(44-21-28)35-9-7-11-46(35)42(51)31(24(3)4)19-40(49)52-5/h14-15,20-21,23-24,30-31,34-35,38-39,47H,6-13,16-19,22H2,1-5H3/t30?,31-,34?,35?,38?,39?/m0/s1. The third-order valence-electron chi connectivity index (χ3n) is 12.3. The molecule has 0 saturated carbocycles. The smallest absolute Gasteiger partial charge is 0.306 e. The van der Waals surface area contributed by atoms with Crippen LogP contribution in [0.15, 0.2) is 45.7 Å². The maximum atomic E-state index is 13.7. The van der Waals surface area contributed by atoms with Gasteiger partial charge in [-0.05, 0) is 60.8 Å². The molecular formula is C42H54N4O8. The number of fused-ring (bicyclic) bond motifs is 2. The van der Waals surface area contributed by atoms with Crippen molar-refractivity contribution in [3.63, 3.8) is 0 Å². The number of benzene rings is 1. The lowest BCUT2D eigenvalue weighted by Gasteiger charge is -2.30. The second-order valence-electron chi connectivity index (χ2n) is 16.5. The van der Waals surface area contributed by atoms with Crippen LogP contribution in [0.25, 0.3) is 0 Å². The summed E-state index contributed by atoms with van der Waals surface area (Å²) in [4.78, 5) is 64.9. The van der Waals surface area contributed by atoms with Crippen LogP contribution < -0.4 is 9.47 Å². The largest absolute Gasteiger partial charge is 0.485 e. The first kappa shape index (κ1) is 38.0. The Labute approximate surface area is 317 Å².